The van der Waals surface area contributed by atoms with Gasteiger partial charge < -0.3 is 10.2 Å². The van der Waals surface area contributed by atoms with Crippen molar-refractivity contribution in [2.75, 3.05) is 13.1 Å². The molecule has 3 rings (SSSR count). The van der Waals surface area contributed by atoms with Crippen LogP contribution >= 0.6 is 11.6 Å². The van der Waals surface area contributed by atoms with Gasteiger partial charge in [0.15, 0.2) is 0 Å². The van der Waals surface area contributed by atoms with E-state index >= 15 is 0 Å². The van der Waals surface area contributed by atoms with Crippen molar-refractivity contribution in [3.63, 3.8) is 0 Å². The first-order chi connectivity index (χ1) is 12.5. The third kappa shape index (κ3) is 4.07. The van der Waals surface area contributed by atoms with E-state index < -0.39 is 6.04 Å². The Morgan fingerprint density at radius 3 is 2.42 bits per heavy atom. The predicted molar refractivity (Wildman–Crippen MR) is 103 cm³/mol. The maximum absolute atomic E-state index is 12.9. The summed E-state index contributed by atoms with van der Waals surface area (Å²) >= 11 is 5.91. The lowest BCUT2D eigenvalue weighted by atomic mass is 9.96. The van der Waals surface area contributed by atoms with Crippen molar-refractivity contribution in [2.24, 2.45) is 0 Å². The molecule has 1 fully saturated rings. The highest BCUT2D eigenvalue weighted by Crippen LogP contribution is 2.26. The van der Waals surface area contributed by atoms with Gasteiger partial charge in [-0.05, 0) is 34.7 Å². The number of carbonyl (C=O) groups excluding carboxylic acids is 2. The molecule has 26 heavy (non-hydrogen) atoms. The van der Waals surface area contributed by atoms with Crippen LogP contribution in [0.15, 0.2) is 48.5 Å². The predicted octanol–water partition coefficient (Wildman–Crippen LogP) is 3.71. The smallest absolute Gasteiger partial charge is 0.247 e. The van der Waals surface area contributed by atoms with E-state index in [2.05, 4.69) is 19.2 Å². The molecule has 2 aromatic carbocycles. The van der Waals surface area contributed by atoms with Crippen molar-refractivity contribution in [3.05, 3.63) is 70.2 Å². The molecule has 0 saturated carbocycles. The van der Waals surface area contributed by atoms with Gasteiger partial charge >= 0.3 is 0 Å². The topological polar surface area (TPSA) is 49.4 Å². The van der Waals surface area contributed by atoms with Gasteiger partial charge in [0, 0.05) is 18.1 Å². The SMILES string of the molecule is CC(C)c1ccc(C2C(=O)NCCN2C(=O)Cc2ccc(Cl)cc2)cc1. The Morgan fingerprint density at radius 1 is 1.15 bits per heavy atom. The highest BCUT2D eigenvalue weighted by molar-refractivity contribution is 6.30. The Kier molecular flexibility index (Phi) is 5.62. The molecule has 1 heterocycles. The molecule has 1 unspecified atom stereocenters. The standard InChI is InChI=1S/C21H23ClN2O2/c1-14(2)16-5-7-17(8-6-16)20-21(26)23-11-12-24(20)19(25)13-15-3-9-18(22)10-4-15/h3-10,14,20H,11-13H2,1-2H3,(H,23,26). The number of benzene rings is 2. The minimum absolute atomic E-state index is 0.0555. The zero-order valence-corrected chi connectivity index (χ0v) is 15.8. The van der Waals surface area contributed by atoms with Crippen molar-refractivity contribution in [2.45, 2.75) is 32.2 Å². The van der Waals surface area contributed by atoms with Crippen LogP contribution in [0, 0.1) is 0 Å². The van der Waals surface area contributed by atoms with E-state index in [9.17, 15) is 9.59 Å². The van der Waals surface area contributed by atoms with Crippen LogP contribution in [0.4, 0.5) is 0 Å². The average Bonchev–Trinajstić information content (AvgIpc) is 2.63. The highest BCUT2D eigenvalue weighted by atomic mass is 35.5. The molecule has 0 radical (unpaired) electrons. The first kappa shape index (κ1) is 18.5. The molecule has 0 spiro atoms. The van der Waals surface area contributed by atoms with E-state index in [-0.39, 0.29) is 18.2 Å². The number of rotatable bonds is 4. The zero-order valence-electron chi connectivity index (χ0n) is 15.0. The fourth-order valence-electron chi connectivity index (χ4n) is 3.21. The summed E-state index contributed by atoms with van der Waals surface area (Å²) in [6.07, 6.45) is 0.255. The largest absolute Gasteiger partial charge is 0.352 e. The second-order valence-electron chi connectivity index (χ2n) is 6.91. The quantitative estimate of drug-likeness (QED) is 0.892. The molecule has 0 bridgehead atoms. The van der Waals surface area contributed by atoms with Crippen LogP contribution in [0.5, 0.6) is 0 Å². The maximum Gasteiger partial charge on any atom is 0.247 e. The van der Waals surface area contributed by atoms with Gasteiger partial charge in [-0.15, -0.1) is 0 Å². The lowest BCUT2D eigenvalue weighted by Crippen LogP contribution is -2.52. The van der Waals surface area contributed by atoms with Gasteiger partial charge in [-0.1, -0.05) is 61.8 Å². The Hall–Kier alpha value is -2.33. The molecule has 1 aliphatic heterocycles. The third-order valence-corrected chi connectivity index (χ3v) is 4.97. The van der Waals surface area contributed by atoms with Crippen LogP contribution < -0.4 is 5.32 Å². The molecule has 2 amide bonds. The number of halogens is 1. The van der Waals surface area contributed by atoms with E-state index in [4.69, 9.17) is 11.6 Å². The van der Waals surface area contributed by atoms with Crippen molar-refractivity contribution < 1.29 is 9.59 Å². The molecule has 1 atom stereocenters. The zero-order chi connectivity index (χ0) is 18.7. The number of piperazine rings is 1. The fourth-order valence-corrected chi connectivity index (χ4v) is 3.33. The van der Waals surface area contributed by atoms with E-state index in [1.54, 1.807) is 17.0 Å². The minimum Gasteiger partial charge on any atom is -0.352 e. The highest BCUT2D eigenvalue weighted by Gasteiger charge is 2.34. The van der Waals surface area contributed by atoms with E-state index in [1.165, 1.54) is 5.56 Å². The van der Waals surface area contributed by atoms with Gasteiger partial charge in [-0.25, -0.2) is 0 Å². The summed E-state index contributed by atoms with van der Waals surface area (Å²) < 4.78 is 0. The molecule has 1 aliphatic rings. The van der Waals surface area contributed by atoms with Gasteiger partial charge in [-0.2, -0.15) is 0 Å². The van der Waals surface area contributed by atoms with Crippen LogP contribution in [0.2, 0.25) is 5.02 Å². The monoisotopic (exact) mass is 370 g/mol. The van der Waals surface area contributed by atoms with Gasteiger partial charge in [0.2, 0.25) is 11.8 Å². The molecular weight excluding hydrogens is 348 g/mol. The van der Waals surface area contributed by atoms with Crippen molar-refractivity contribution in [3.8, 4) is 0 Å². The van der Waals surface area contributed by atoms with Gasteiger partial charge in [-0.3, -0.25) is 9.59 Å². The summed E-state index contributed by atoms with van der Waals surface area (Å²) in [7, 11) is 0. The van der Waals surface area contributed by atoms with Crippen LogP contribution in [-0.2, 0) is 16.0 Å². The summed E-state index contributed by atoms with van der Waals surface area (Å²) in [6.45, 7) is 5.25. The first-order valence-electron chi connectivity index (χ1n) is 8.87. The van der Waals surface area contributed by atoms with Crippen LogP contribution in [0.1, 0.15) is 42.5 Å². The normalized spacial score (nSPS) is 17.3. The Balaban J connectivity index is 1.82. The third-order valence-electron chi connectivity index (χ3n) is 4.72. The number of hydrogen-bond acceptors (Lipinski definition) is 2. The van der Waals surface area contributed by atoms with Gasteiger partial charge in [0.05, 0.1) is 6.42 Å². The summed E-state index contributed by atoms with van der Waals surface area (Å²) in [5.41, 5.74) is 2.94. The molecule has 4 nitrogen and oxygen atoms in total. The number of nitrogens with zero attached hydrogens (tertiary/aromatic N) is 1. The van der Waals surface area contributed by atoms with E-state index in [1.807, 2.05) is 36.4 Å². The van der Waals surface area contributed by atoms with Gasteiger partial charge in [0.1, 0.15) is 6.04 Å². The van der Waals surface area contributed by atoms with Gasteiger partial charge in [0.25, 0.3) is 0 Å². The minimum atomic E-state index is -0.579. The molecule has 0 aliphatic carbocycles. The molecule has 136 valence electrons. The van der Waals surface area contributed by atoms with Crippen LogP contribution in [-0.4, -0.2) is 29.8 Å². The number of amides is 2. The molecule has 1 saturated heterocycles. The van der Waals surface area contributed by atoms with Crippen LogP contribution in [0.3, 0.4) is 0 Å². The summed E-state index contributed by atoms with van der Waals surface area (Å²) in [5.74, 6) is 0.241. The molecule has 0 aromatic heterocycles. The first-order valence-corrected chi connectivity index (χ1v) is 9.25. The number of carbonyl (C=O) groups is 2. The van der Waals surface area contributed by atoms with Crippen molar-refractivity contribution in [1.82, 2.24) is 10.2 Å². The number of hydrogen-bond donors (Lipinski definition) is 1. The summed E-state index contributed by atoms with van der Waals surface area (Å²) in [6, 6.07) is 14.6. The Morgan fingerprint density at radius 2 is 1.81 bits per heavy atom. The average molecular weight is 371 g/mol. The lowest BCUT2D eigenvalue weighted by Gasteiger charge is -2.35. The van der Waals surface area contributed by atoms with Crippen molar-refractivity contribution in [1.29, 1.82) is 0 Å². The second kappa shape index (κ2) is 7.92. The Bertz CT molecular complexity index is 785. The van der Waals surface area contributed by atoms with Crippen LogP contribution in [0.25, 0.3) is 0 Å². The number of nitrogens with one attached hydrogen (secondary N) is 1. The lowest BCUT2D eigenvalue weighted by molar-refractivity contribution is -0.143. The fraction of sp³-hybridized carbons (Fsp3) is 0.333. The maximum atomic E-state index is 12.9. The van der Waals surface area contributed by atoms with E-state index in [0.717, 1.165) is 11.1 Å². The Labute approximate surface area is 159 Å². The second-order valence-corrected chi connectivity index (χ2v) is 7.34. The summed E-state index contributed by atoms with van der Waals surface area (Å²) in [4.78, 5) is 27.1. The summed E-state index contributed by atoms with van der Waals surface area (Å²) in [5, 5.41) is 3.51. The molecule has 2 aromatic rings. The molecule has 5 heteroatoms. The molecule has 1 N–H and O–H groups in total. The molecular formula is C21H23ClN2O2. The van der Waals surface area contributed by atoms with Crippen molar-refractivity contribution >= 4 is 23.4 Å². The van der Waals surface area contributed by atoms with E-state index in [0.29, 0.717) is 24.0 Å².